The molecule has 1 aliphatic carbocycles. The monoisotopic (exact) mass is 291 g/mol. The molecule has 0 unspecified atom stereocenters. The van der Waals surface area contributed by atoms with Gasteiger partial charge in [-0.25, -0.2) is 0 Å². The van der Waals surface area contributed by atoms with Crippen LogP contribution in [0.4, 0.5) is 0 Å². The summed E-state index contributed by atoms with van der Waals surface area (Å²) < 4.78 is 1.94. The number of hydrogen-bond acceptors (Lipinski definition) is 2. The molecule has 120 valence electrons. The number of aryl methyl sites for hydroxylation is 2. The predicted octanol–water partition coefficient (Wildman–Crippen LogP) is 4.07. The Hall–Kier alpha value is -0.830. The molecule has 0 bridgehead atoms. The highest BCUT2D eigenvalue weighted by molar-refractivity contribution is 5.16. The molecule has 0 radical (unpaired) electrons. The van der Waals surface area contributed by atoms with Crippen LogP contribution in [0.25, 0.3) is 0 Å². The third kappa shape index (κ3) is 4.09. The van der Waals surface area contributed by atoms with Crippen LogP contribution in [0.5, 0.6) is 0 Å². The van der Waals surface area contributed by atoms with Crippen LogP contribution < -0.4 is 5.32 Å². The van der Waals surface area contributed by atoms with Gasteiger partial charge in [0.25, 0.3) is 0 Å². The third-order valence-electron chi connectivity index (χ3n) is 5.65. The molecular formula is C18H33N3. The highest BCUT2D eigenvalue weighted by Crippen LogP contribution is 2.40. The molecule has 1 N–H and O–H groups in total. The van der Waals surface area contributed by atoms with E-state index < -0.39 is 0 Å². The van der Waals surface area contributed by atoms with E-state index in [1.165, 1.54) is 43.4 Å². The third-order valence-corrected chi connectivity index (χ3v) is 5.65. The molecular weight excluding hydrogens is 258 g/mol. The van der Waals surface area contributed by atoms with Crippen molar-refractivity contribution in [1.29, 1.82) is 0 Å². The van der Waals surface area contributed by atoms with E-state index >= 15 is 0 Å². The Bertz CT molecular complexity index is 439. The lowest BCUT2D eigenvalue weighted by Gasteiger charge is -2.39. The fourth-order valence-electron chi connectivity index (χ4n) is 3.65. The summed E-state index contributed by atoms with van der Waals surface area (Å²) in [5, 5.41) is 8.29. The van der Waals surface area contributed by atoms with Crippen LogP contribution in [-0.2, 0) is 20.0 Å². The van der Waals surface area contributed by atoms with Crippen molar-refractivity contribution < 1.29 is 0 Å². The largest absolute Gasteiger partial charge is 0.310 e. The van der Waals surface area contributed by atoms with Gasteiger partial charge in [0, 0.05) is 31.4 Å². The molecule has 0 aromatic carbocycles. The van der Waals surface area contributed by atoms with Crippen LogP contribution in [0.1, 0.15) is 71.1 Å². The van der Waals surface area contributed by atoms with E-state index in [4.69, 9.17) is 0 Å². The highest BCUT2D eigenvalue weighted by atomic mass is 15.3. The molecule has 0 amide bonds. The predicted molar refractivity (Wildman–Crippen MR) is 89.2 cm³/mol. The second-order valence-corrected chi connectivity index (χ2v) is 7.40. The quantitative estimate of drug-likeness (QED) is 0.856. The molecule has 1 aromatic heterocycles. The van der Waals surface area contributed by atoms with Gasteiger partial charge in [-0.15, -0.1) is 0 Å². The van der Waals surface area contributed by atoms with Crippen molar-refractivity contribution >= 4 is 0 Å². The van der Waals surface area contributed by atoms with E-state index in [0.717, 1.165) is 18.9 Å². The molecule has 1 fully saturated rings. The minimum atomic E-state index is 0.518. The van der Waals surface area contributed by atoms with Crippen LogP contribution >= 0.6 is 0 Å². The highest BCUT2D eigenvalue weighted by Gasteiger charge is 2.31. The standard InChI is InChI=1S/C18H33N3/c1-6-17-14(13-21(5)20-17)12-19-16-10-8-15(9-11-16)18(3,4)7-2/h13,15-16,19H,6-12H2,1-5H3. The first kappa shape index (κ1) is 16.5. The summed E-state index contributed by atoms with van der Waals surface area (Å²) >= 11 is 0. The number of rotatable bonds is 6. The van der Waals surface area contributed by atoms with E-state index in [1.807, 2.05) is 11.7 Å². The zero-order valence-electron chi connectivity index (χ0n) is 14.6. The fourth-order valence-corrected chi connectivity index (χ4v) is 3.65. The molecule has 3 nitrogen and oxygen atoms in total. The molecule has 1 aromatic rings. The Morgan fingerprint density at radius 3 is 2.48 bits per heavy atom. The van der Waals surface area contributed by atoms with Crippen LogP contribution in [0.3, 0.4) is 0 Å². The lowest BCUT2D eigenvalue weighted by Crippen LogP contribution is -2.36. The summed E-state index contributed by atoms with van der Waals surface area (Å²) in [6.45, 7) is 10.4. The number of hydrogen-bond donors (Lipinski definition) is 1. The van der Waals surface area contributed by atoms with Crippen LogP contribution in [0.15, 0.2) is 6.20 Å². The van der Waals surface area contributed by atoms with E-state index in [2.05, 4.69) is 44.3 Å². The zero-order valence-corrected chi connectivity index (χ0v) is 14.6. The average molecular weight is 291 g/mol. The van der Waals surface area contributed by atoms with Crippen LogP contribution in [0, 0.1) is 11.3 Å². The Balaban J connectivity index is 1.81. The SMILES string of the molecule is CCc1nn(C)cc1CNC1CCC(C(C)(C)CC)CC1. The van der Waals surface area contributed by atoms with Crippen molar-refractivity contribution in [2.24, 2.45) is 18.4 Å². The number of nitrogens with one attached hydrogen (secondary N) is 1. The first-order chi connectivity index (χ1) is 9.96. The van der Waals surface area contributed by atoms with E-state index in [9.17, 15) is 0 Å². The molecule has 1 heterocycles. The minimum absolute atomic E-state index is 0.518. The first-order valence-corrected chi connectivity index (χ1v) is 8.71. The van der Waals surface area contributed by atoms with Gasteiger partial charge in [0.2, 0.25) is 0 Å². The van der Waals surface area contributed by atoms with Crippen molar-refractivity contribution in [2.45, 2.75) is 78.8 Å². The van der Waals surface area contributed by atoms with Crippen molar-refractivity contribution in [3.05, 3.63) is 17.5 Å². The fraction of sp³-hybridized carbons (Fsp3) is 0.833. The number of aromatic nitrogens is 2. The molecule has 0 saturated heterocycles. The van der Waals surface area contributed by atoms with Gasteiger partial charge in [-0.1, -0.05) is 34.1 Å². The van der Waals surface area contributed by atoms with Gasteiger partial charge in [-0.3, -0.25) is 4.68 Å². The molecule has 1 aliphatic rings. The van der Waals surface area contributed by atoms with Gasteiger partial charge in [0.15, 0.2) is 0 Å². The molecule has 0 atom stereocenters. The van der Waals surface area contributed by atoms with Crippen molar-refractivity contribution in [2.75, 3.05) is 0 Å². The van der Waals surface area contributed by atoms with Crippen LogP contribution in [-0.4, -0.2) is 15.8 Å². The molecule has 3 heteroatoms. The van der Waals surface area contributed by atoms with Crippen molar-refractivity contribution in [3.63, 3.8) is 0 Å². The van der Waals surface area contributed by atoms with Crippen molar-refractivity contribution in [1.82, 2.24) is 15.1 Å². The molecule has 0 aliphatic heterocycles. The summed E-state index contributed by atoms with van der Waals surface area (Å²) in [4.78, 5) is 0. The normalized spacial score (nSPS) is 23.5. The Morgan fingerprint density at radius 1 is 1.24 bits per heavy atom. The van der Waals surface area contributed by atoms with Gasteiger partial charge >= 0.3 is 0 Å². The van der Waals surface area contributed by atoms with E-state index in [-0.39, 0.29) is 0 Å². The summed E-state index contributed by atoms with van der Waals surface area (Å²) in [5.74, 6) is 0.908. The maximum Gasteiger partial charge on any atom is 0.0666 e. The molecule has 2 rings (SSSR count). The van der Waals surface area contributed by atoms with Gasteiger partial charge in [0.05, 0.1) is 5.69 Å². The smallest absolute Gasteiger partial charge is 0.0666 e. The van der Waals surface area contributed by atoms with E-state index in [1.54, 1.807) is 0 Å². The lowest BCUT2D eigenvalue weighted by molar-refractivity contribution is 0.137. The molecule has 0 spiro atoms. The summed E-state index contributed by atoms with van der Waals surface area (Å²) in [7, 11) is 2.01. The zero-order chi connectivity index (χ0) is 15.5. The molecule has 21 heavy (non-hydrogen) atoms. The van der Waals surface area contributed by atoms with E-state index in [0.29, 0.717) is 11.5 Å². The molecule has 1 saturated carbocycles. The van der Waals surface area contributed by atoms with Gasteiger partial charge in [-0.05, 0) is 43.4 Å². The maximum atomic E-state index is 4.52. The van der Waals surface area contributed by atoms with Gasteiger partial charge < -0.3 is 5.32 Å². The van der Waals surface area contributed by atoms with Crippen molar-refractivity contribution in [3.8, 4) is 0 Å². The Kier molecular flexibility index (Phi) is 5.48. The van der Waals surface area contributed by atoms with Gasteiger partial charge in [0.1, 0.15) is 0 Å². The Labute approximate surface area is 130 Å². The summed E-state index contributed by atoms with van der Waals surface area (Å²) in [6.07, 6.45) is 9.91. The lowest BCUT2D eigenvalue weighted by atomic mass is 9.69. The van der Waals surface area contributed by atoms with Gasteiger partial charge in [-0.2, -0.15) is 5.10 Å². The topological polar surface area (TPSA) is 29.9 Å². The number of nitrogens with zero attached hydrogens (tertiary/aromatic N) is 2. The maximum absolute atomic E-state index is 4.52. The summed E-state index contributed by atoms with van der Waals surface area (Å²) in [6, 6.07) is 0.693. The second-order valence-electron chi connectivity index (χ2n) is 7.40. The average Bonchev–Trinajstić information content (AvgIpc) is 2.85. The van der Waals surface area contributed by atoms with Crippen LogP contribution in [0.2, 0.25) is 0 Å². The second kappa shape index (κ2) is 6.95. The first-order valence-electron chi connectivity index (χ1n) is 8.71. The summed E-state index contributed by atoms with van der Waals surface area (Å²) in [5.41, 5.74) is 3.13. The Morgan fingerprint density at radius 2 is 1.90 bits per heavy atom. The minimum Gasteiger partial charge on any atom is -0.310 e.